The molecular formula is C17H19ClN2O3S. The maximum atomic E-state index is 12.5. The van der Waals surface area contributed by atoms with Crippen molar-refractivity contribution in [3.63, 3.8) is 0 Å². The normalized spacial score (nSPS) is 12.5. The zero-order chi connectivity index (χ0) is 17.9. The summed E-state index contributed by atoms with van der Waals surface area (Å²) in [4.78, 5) is 12.5. The molecule has 1 amide bonds. The van der Waals surface area contributed by atoms with Crippen LogP contribution in [0.2, 0.25) is 5.02 Å². The van der Waals surface area contributed by atoms with Crippen LogP contribution in [0.3, 0.4) is 0 Å². The van der Waals surface area contributed by atoms with Gasteiger partial charge in [0, 0.05) is 10.7 Å². The van der Waals surface area contributed by atoms with Crippen LogP contribution in [0.5, 0.6) is 0 Å². The number of sulfonamides is 1. The summed E-state index contributed by atoms with van der Waals surface area (Å²) in [6.07, 6.45) is 1.06. The maximum absolute atomic E-state index is 12.5. The molecule has 2 rings (SSSR count). The monoisotopic (exact) mass is 366 g/mol. The molecule has 7 heteroatoms. The van der Waals surface area contributed by atoms with Gasteiger partial charge in [-0.1, -0.05) is 35.4 Å². The largest absolute Gasteiger partial charge is 0.324 e. The number of hydrogen-bond donors (Lipinski definition) is 1. The van der Waals surface area contributed by atoms with E-state index in [0.717, 1.165) is 16.1 Å². The lowest BCUT2D eigenvalue weighted by Crippen LogP contribution is -2.45. The van der Waals surface area contributed by atoms with E-state index in [-0.39, 0.29) is 0 Å². The molecule has 1 N–H and O–H groups in total. The Morgan fingerprint density at radius 1 is 1.17 bits per heavy atom. The number of benzene rings is 2. The van der Waals surface area contributed by atoms with Crippen molar-refractivity contribution in [2.24, 2.45) is 0 Å². The Hall–Kier alpha value is -2.05. The summed E-state index contributed by atoms with van der Waals surface area (Å²) >= 11 is 5.95. The van der Waals surface area contributed by atoms with E-state index >= 15 is 0 Å². The van der Waals surface area contributed by atoms with Gasteiger partial charge in [0.05, 0.1) is 11.9 Å². The van der Waals surface area contributed by atoms with Gasteiger partial charge in [0.1, 0.15) is 6.04 Å². The molecule has 0 radical (unpaired) electrons. The molecule has 0 saturated carbocycles. The Labute approximate surface area is 147 Å². The van der Waals surface area contributed by atoms with E-state index in [1.165, 1.54) is 13.0 Å². The van der Waals surface area contributed by atoms with E-state index in [1.54, 1.807) is 30.3 Å². The van der Waals surface area contributed by atoms with Gasteiger partial charge in [-0.15, -0.1) is 0 Å². The summed E-state index contributed by atoms with van der Waals surface area (Å²) in [6, 6.07) is 12.7. The Morgan fingerprint density at radius 2 is 1.79 bits per heavy atom. The fraction of sp³-hybridized carbons (Fsp3) is 0.235. The highest BCUT2D eigenvalue weighted by molar-refractivity contribution is 7.92. The highest BCUT2D eigenvalue weighted by Crippen LogP contribution is 2.24. The van der Waals surface area contributed by atoms with Gasteiger partial charge in [0.25, 0.3) is 0 Å². The van der Waals surface area contributed by atoms with Crippen LogP contribution in [-0.2, 0) is 14.8 Å². The van der Waals surface area contributed by atoms with Crippen molar-refractivity contribution in [2.45, 2.75) is 19.9 Å². The number of carbonyl (C=O) groups excluding carboxylic acids is 1. The van der Waals surface area contributed by atoms with E-state index in [0.29, 0.717) is 16.4 Å². The van der Waals surface area contributed by atoms with Crippen LogP contribution < -0.4 is 9.62 Å². The van der Waals surface area contributed by atoms with Crippen molar-refractivity contribution in [3.05, 3.63) is 59.1 Å². The molecule has 0 unspecified atom stereocenters. The van der Waals surface area contributed by atoms with Gasteiger partial charge in [-0.25, -0.2) is 8.42 Å². The lowest BCUT2D eigenvalue weighted by Gasteiger charge is -2.28. The van der Waals surface area contributed by atoms with Crippen molar-refractivity contribution in [3.8, 4) is 0 Å². The van der Waals surface area contributed by atoms with Crippen molar-refractivity contribution in [1.82, 2.24) is 0 Å². The fourth-order valence-electron chi connectivity index (χ4n) is 2.31. The molecule has 2 aromatic carbocycles. The summed E-state index contributed by atoms with van der Waals surface area (Å²) in [5.41, 5.74) is 2.02. The fourth-order valence-corrected chi connectivity index (χ4v) is 3.66. The summed E-state index contributed by atoms with van der Waals surface area (Å²) in [6.45, 7) is 3.48. The minimum atomic E-state index is -3.66. The third kappa shape index (κ3) is 4.49. The number of rotatable bonds is 5. The summed E-state index contributed by atoms with van der Waals surface area (Å²) < 4.78 is 25.4. The summed E-state index contributed by atoms with van der Waals surface area (Å²) in [5.74, 6) is -0.427. The molecule has 1 atom stereocenters. The second-order valence-corrected chi connectivity index (χ2v) is 7.87. The van der Waals surface area contributed by atoms with Gasteiger partial charge in [-0.05, 0) is 44.2 Å². The van der Waals surface area contributed by atoms with Gasteiger partial charge in [-0.3, -0.25) is 9.10 Å². The quantitative estimate of drug-likeness (QED) is 0.881. The molecule has 0 aliphatic rings. The number of anilines is 2. The lowest BCUT2D eigenvalue weighted by atomic mass is 10.2. The van der Waals surface area contributed by atoms with Crippen molar-refractivity contribution in [2.75, 3.05) is 15.9 Å². The van der Waals surface area contributed by atoms with Gasteiger partial charge in [0.2, 0.25) is 15.9 Å². The van der Waals surface area contributed by atoms with Gasteiger partial charge in [-0.2, -0.15) is 0 Å². The molecular weight excluding hydrogens is 348 g/mol. The molecule has 5 nitrogen and oxygen atoms in total. The van der Waals surface area contributed by atoms with E-state index in [4.69, 9.17) is 11.6 Å². The number of hydrogen-bond acceptors (Lipinski definition) is 3. The zero-order valence-corrected chi connectivity index (χ0v) is 15.2. The van der Waals surface area contributed by atoms with Crippen LogP contribution >= 0.6 is 11.6 Å². The number of carbonyl (C=O) groups is 1. The predicted molar refractivity (Wildman–Crippen MR) is 98.0 cm³/mol. The standard InChI is InChI=1S/C17H19ClN2O3S/c1-12-7-9-15(10-8-12)19-17(21)13(2)20(24(3,22)23)16-6-4-5-14(18)11-16/h4-11,13H,1-3H3,(H,19,21)/t13-/m0/s1. The first-order valence-corrected chi connectivity index (χ1v) is 9.53. The molecule has 0 fully saturated rings. The minimum absolute atomic E-state index is 0.344. The summed E-state index contributed by atoms with van der Waals surface area (Å²) in [7, 11) is -3.66. The number of halogens is 1. The average molecular weight is 367 g/mol. The molecule has 0 bridgehead atoms. The Morgan fingerprint density at radius 3 is 2.33 bits per heavy atom. The summed E-state index contributed by atoms with van der Waals surface area (Å²) in [5, 5.41) is 3.12. The third-order valence-electron chi connectivity index (χ3n) is 3.47. The zero-order valence-electron chi connectivity index (χ0n) is 13.7. The molecule has 0 heterocycles. The predicted octanol–water partition coefficient (Wildman–Crippen LogP) is 3.44. The molecule has 0 aliphatic carbocycles. The second-order valence-electron chi connectivity index (χ2n) is 5.57. The Kier molecular flexibility index (Phi) is 5.51. The average Bonchev–Trinajstić information content (AvgIpc) is 2.48. The lowest BCUT2D eigenvalue weighted by molar-refractivity contribution is -0.116. The molecule has 128 valence electrons. The Balaban J connectivity index is 2.29. The van der Waals surface area contributed by atoms with E-state index < -0.39 is 22.0 Å². The van der Waals surface area contributed by atoms with E-state index in [9.17, 15) is 13.2 Å². The first-order valence-electron chi connectivity index (χ1n) is 7.31. The van der Waals surface area contributed by atoms with Crippen molar-refractivity contribution < 1.29 is 13.2 Å². The number of nitrogens with one attached hydrogen (secondary N) is 1. The number of aryl methyl sites for hydroxylation is 1. The first-order chi connectivity index (χ1) is 11.2. The van der Waals surface area contributed by atoms with Crippen molar-refractivity contribution >= 4 is 38.9 Å². The molecule has 0 spiro atoms. The third-order valence-corrected chi connectivity index (χ3v) is 4.95. The van der Waals surface area contributed by atoms with Crippen LogP contribution in [0.4, 0.5) is 11.4 Å². The molecule has 0 saturated heterocycles. The smallest absolute Gasteiger partial charge is 0.247 e. The number of amides is 1. The topological polar surface area (TPSA) is 66.5 Å². The van der Waals surface area contributed by atoms with Gasteiger partial charge in [0.15, 0.2) is 0 Å². The van der Waals surface area contributed by atoms with Crippen molar-refractivity contribution in [1.29, 1.82) is 0 Å². The molecule has 0 aromatic heterocycles. The molecule has 24 heavy (non-hydrogen) atoms. The maximum Gasteiger partial charge on any atom is 0.247 e. The minimum Gasteiger partial charge on any atom is -0.324 e. The SMILES string of the molecule is Cc1ccc(NC(=O)[C@H](C)N(c2cccc(Cl)c2)S(C)(=O)=O)cc1. The Bertz CT molecular complexity index is 835. The molecule has 0 aliphatic heterocycles. The van der Waals surface area contributed by atoms with E-state index in [1.807, 2.05) is 19.1 Å². The highest BCUT2D eigenvalue weighted by atomic mass is 35.5. The van der Waals surface area contributed by atoms with E-state index in [2.05, 4.69) is 5.32 Å². The first kappa shape index (κ1) is 18.3. The van der Waals surface area contributed by atoms with Crippen LogP contribution in [-0.4, -0.2) is 26.6 Å². The van der Waals surface area contributed by atoms with Crippen LogP contribution in [0, 0.1) is 6.92 Å². The van der Waals surface area contributed by atoms with Gasteiger partial charge < -0.3 is 5.32 Å². The van der Waals surface area contributed by atoms with Crippen LogP contribution in [0.15, 0.2) is 48.5 Å². The highest BCUT2D eigenvalue weighted by Gasteiger charge is 2.29. The van der Waals surface area contributed by atoms with Crippen LogP contribution in [0.25, 0.3) is 0 Å². The van der Waals surface area contributed by atoms with Crippen LogP contribution in [0.1, 0.15) is 12.5 Å². The molecule has 2 aromatic rings. The number of nitrogens with zero attached hydrogens (tertiary/aromatic N) is 1. The second kappa shape index (κ2) is 7.23. The van der Waals surface area contributed by atoms with Gasteiger partial charge >= 0.3 is 0 Å².